The van der Waals surface area contributed by atoms with Crippen molar-refractivity contribution in [3.8, 4) is 0 Å². The number of piperidine rings is 1. The molecule has 1 heterocycles. The molecule has 1 aliphatic rings. The molecule has 0 aliphatic carbocycles. The molecule has 8 heteroatoms. The van der Waals surface area contributed by atoms with Gasteiger partial charge in [-0.3, -0.25) is 4.79 Å². The molecule has 0 aromatic heterocycles. The number of nitrogens with zero attached hydrogens (tertiary/aromatic N) is 1. The lowest BCUT2D eigenvalue weighted by Gasteiger charge is -2.32. The number of amides is 1. The van der Waals surface area contributed by atoms with Crippen molar-refractivity contribution in [2.45, 2.75) is 30.7 Å². The van der Waals surface area contributed by atoms with Gasteiger partial charge < -0.3 is 5.32 Å². The molecule has 0 bridgehead atoms. The van der Waals surface area contributed by atoms with Gasteiger partial charge >= 0.3 is 0 Å². The van der Waals surface area contributed by atoms with Crippen molar-refractivity contribution in [3.63, 3.8) is 0 Å². The van der Waals surface area contributed by atoms with Gasteiger partial charge in [-0.15, -0.1) is 0 Å². The molecular formula is C20H22BrClN2O3S. The van der Waals surface area contributed by atoms with Crippen LogP contribution < -0.4 is 5.32 Å². The minimum absolute atomic E-state index is 0.127. The fourth-order valence-corrected chi connectivity index (χ4v) is 5.21. The Labute approximate surface area is 179 Å². The summed E-state index contributed by atoms with van der Waals surface area (Å²) in [5.41, 5.74) is 0.952. The summed E-state index contributed by atoms with van der Waals surface area (Å²) in [4.78, 5) is 13.0. The van der Waals surface area contributed by atoms with Gasteiger partial charge in [0.1, 0.15) is 0 Å². The summed E-state index contributed by atoms with van der Waals surface area (Å²) in [6, 6.07) is 13.7. The molecule has 1 fully saturated rings. The number of halogens is 2. The van der Waals surface area contributed by atoms with E-state index in [9.17, 15) is 13.2 Å². The molecule has 1 amide bonds. The third-order valence-corrected chi connectivity index (χ3v) is 7.60. The Kier molecular flexibility index (Phi) is 6.81. The molecule has 2 aromatic rings. The lowest BCUT2D eigenvalue weighted by atomic mass is 9.98. The SMILES string of the molecule is C[C@H](NC(=O)[C@H]1CCCN(S(=O)(=O)c2ccc(Br)cc2)C1)c1ccc(Cl)cc1. The van der Waals surface area contributed by atoms with Crippen LogP contribution in [-0.2, 0) is 14.8 Å². The number of rotatable bonds is 5. The van der Waals surface area contributed by atoms with Crippen molar-refractivity contribution >= 4 is 43.5 Å². The van der Waals surface area contributed by atoms with Crippen molar-refractivity contribution in [1.29, 1.82) is 0 Å². The summed E-state index contributed by atoms with van der Waals surface area (Å²) in [6.07, 6.45) is 1.33. The monoisotopic (exact) mass is 484 g/mol. The molecule has 1 aliphatic heterocycles. The number of carbonyl (C=O) groups is 1. The first kappa shape index (κ1) is 21.3. The Balaban J connectivity index is 1.67. The van der Waals surface area contributed by atoms with Gasteiger partial charge in [0.25, 0.3) is 0 Å². The van der Waals surface area contributed by atoms with Gasteiger partial charge in [0.2, 0.25) is 15.9 Å². The highest BCUT2D eigenvalue weighted by Gasteiger charge is 2.33. The first-order valence-corrected chi connectivity index (χ1v) is 11.7. The zero-order valence-electron chi connectivity index (χ0n) is 15.4. The third kappa shape index (κ3) is 4.95. The predicted molar refractivity (Wildman–Crippen MR) is 114 cm³/mol. The molecule has 3 rings (SSSR count). The maximum Gasteiger partial charge on any atom is 0.243 e. The number of nitrogens with one attached hydrogen (secondary N) is 1. The van der Waals surface area contributed by atoms with E-state index in [4.69, 9.17) is 11.6 Å². The minimum Gasteiger partial charge on any atom is -0.349 e. The lowest BCUT2D eigenvalue weighted by Crippen LogP contribution is -2.45. The zero-order chi connectivity index (χ0) is 20.3. The molecular weight excluding hydrogens is 464 g/mol. The first-order chi connectivity index (χ1) is 13.3. The summed E-state index contributed by atoms with van der Waals surface area (Å²) in [5, 5.41) is 3.64. The van der Waals surface area contributed by atoms with Crippen molar-refractivity contribution in [1.82, 2.24) is 9.62 Å². The van der Waals surface area contributed by atoms with Gasteiger partial charge in [-0.05, 0) is 61.7 Å². The maximum absolute atomic E-state index is 12.9. The van der Waals surface area contributed by atoms with E-state index in [0.29, 0.717) is 24.4 Å². The van der Waals surface area contributed by atoms with Gasteiger partial charge in [0, 0.05) is 22.6 Å². The van der Waals surface area contributed by atoms with E-state index in [1.54, 1.807) is 36.4 Å². The molecule has 0 saturated carbocycles. The Morgan fingerprint density at radius 1 is 1.18 bits per heavy atom. The Hall–Kier alpha value is -1.41. The number of sulfonamides is 1. The highest BCUT2D eigenvalue weighted by molar-refractivity contribution is 9.10. The van der Waals surface area contributed by atoms with E-state index >= 15 is 0 Å². The summed E-state index contributed by atoms with van der Waals surface area (Å²) >= 11 is 9.22. The lowest BCUT2D eigenvalue weighted by molar-refractivity contribution is -0.126. The zero-order valence-corrected chi connectivity index (χ0v) is 18.6. The van der Waals surface area contributed by atoms with Crippen molar-refractivity contribution in [3.05, 3.63) is 63.6 Å². The summed E-state index contributed by atoms with van der Waals surface area (Å²) < 4.78 is 28.0. The van der Waals surface area contributed by atoms with Gasteiger partial charge in [-0.2, -0.15) is 4.31 Å². The highest BCUT2D eigenvalue weighted by Crippen LogP contribution is 2.26. The van der Waals surface area contributed by atoms with Crippen LogP contribution in [-0.4, -0.2) is 31.7 Å². The Bertz CT molecular complexity index is 933. The molecule has 0 unspecified atom stereocenters. The largest absolute Gasteiger partial charge is 0.349 e. The van der Waals surface area contributed by atoms with E-state index in [1.165, 1.54) is 4.31 Å². The molecule has 150 valence electrons. The number of hydrogen-bond acceptors (Lipinski definition) is 3. The smallest absolute Gasteiger partial charge is 0.243 e. The topological polar surface area (TPSA) is 66.5 Å². The van der Waals surface area contributed by atoms with E-state index in [-0.39, 0.29) is 29.3 Å². The van der Waals surface area contributed by atoms with E-state index in [0.717, 1.165) is 10.0 Å². The van der Waals surface area contributed by atoms with Crippen molar-refractivity contribution in [2.75, 3.05) is 13.1 Å². The summed E-state index contributed by atoms with van der Waals surface area (Å²) in [6.45, 7) is 2.52. The average molecular weight is 486 g/mol. The molecule has 0 spiro atoms. The van der Waals surface area contributed by atoms with Crippen LogP contribution in [0.5, 0.6) is 0 Å². The normalized spacial score (nSPS) is 19.2. The standard InChI is InChI=1S/C20H22BrClN2O3S/c1-14(15-4-8-18(22)9-5-15)23-20(25)16-3-2-12-24(13-16)28(26,27)19-10-6-17(21)7-11-19/h4-11,14,16H,2-3,12-13H2,1H3,(H,23,25)/t14-,16-/m0/s1. The van der Waals surface area contributed by atoms with Crippen LogP contribution in [0.3, 0.4) is 0 Å². The van der Waals surface area contributed by atoms with E-state index in [2.05, 4.69) is 21.2 Å². The quantitative estimate of drug-likeness (QED) is 0.683. The predicted octanol–water partition coefficient (Wildman–Crippen LogP) is 4.38. The van der Waals surface area contributed by atoms with Gasteiger partial charge in [-0.25, -0.2) is 8.42 Å². The second-order valence-electron chi connectivity index (χ2n) is 6.94. The molecule has 1 saturated heterocycles. The highest BCUT2D eigenvalue weighted by atomic mass is 79.9. The van der Waals surface area contributed by atoms with Crippen LogP contribution in [0.25, 0.3) is 0 Å². The van der Waals surface area contributed by atoms with Crippen molar-refractivity contribution in [2.24, 2.45) is 5.92 Å². The van der Waals surface area contributed by atoms with E-state index in [1.807, 2.05) is 19.1 Å². The number of carbonyl (C=O) groups excluding carboxylic acids is 1. The molecule has 5 nitrogen and oxygen atoms in total. The van der Waals surface area contributed by atoms with Gasteiger partial charge in [0.05, 0.1) is 16.9 Å². The molecule has 28 heavy (non-hydrogen) atoms. The van der Waals surface area contributed by atoms with Crippen LogP contribution in [0.4, 0.5) is 0 Å². The van der Waals surface area contributed by atoms with Crippen LogP contribution in [0.1, 0.15) is 31.4 Å². The number of benzene rings is 2. The number of hydrogen-bond donors (Lipinski definition) is 1. The summed E-state index contributed by atoms with van der Waals surface area (Å²) in [5.74, 6) is -0.494. The first-order valence-electron chi connectivity index (χ1n) is 9.09. The fraction of sp³-hybridized carbons (Fsp3) is 0.350. The van der Waals surface area contributed by atoms with Crippen molar-refractivity contribution < 1.29 is 13.2 Å². The van der Waals surface area contributed by atoms with Crippen LogP contribution in [0.15, 0.2) is 57.9 Å². The molecule has 2 atom stereocenters. The molecule has 1 N–H and O–H groups in total. The minimum atomic E-state index is -3.61. The third-order valence-electron chi connectivity index (χ3n) is 4.94. The Morgan fingerprint density at radius 3 is 2.46 bits per heavy atom. The maximum atomic E-state index is 12.9. The van der Waals surface area contributed by atoms with Crippen LogP contribution in [0, 0.1) is 5.92 Å². The molecule has 2 aromatic carbocycles. The van der Waals surface area contributed by atoms with Gasteiger partial charge in [-0.1, -0.05) is 39.7 Å². The van der Waals surface area contributed by atoms with Crippen LogP contribution >= 0.6 is 27.5 Å². The summed E-state index contributed by atoms with van der Waals surface area (Å²) in [7, 11) is -3.61. The fourth-order valence-electron chi connectivity index (χ4n) is 3.30. The van der Waals surface area contributed by atoms with Crippen LogP contribution in [0.2, 0.25) is 5.02 Å². The van der Waals surface area contributed by atoms with Gasteiger partial charge in [0.15, 0.2) is 0 Å². The second kappa shape index (κ2) is 8.95. The molecule has 0 radical (unpaired) electrons. The second-order valence-corrected chi connectivity index (χ2v) is 10.2. The Morgan fingerprint density at radius 2 is 1.82 bits per heavy atom. The average Bonchev–Trinajstić information content (AvgIpc) is 2.69. The van der Waals surface area contributed by atoms with E-state index < -0.39 is 10.0 Å².